The minimum absolute atomic E-state index is 0.900. The topological polar surface area (TPSA) is 12.0 Å². The predicted molar refractivity (Wildman–Crippen MR) is 49.6 cm³/mol. The van der Waals surface area contributed by atoms with Gasteiger partial charge in [-0.1, -0.05) is 33.6 Å². The van der Waals surface area contributed by atoms with Crippen LogP contribution in [0.15, 0.2) is 0 Å². The first kappa shape index (κ1) is 9.05. The zero-order valence-corrected chi connectivity index (χ0v) is 8.06. The lowest BCUT2D eigenvalue weighted by atomic mass is 9.84. The summed E-state index contributed by atoms with van der Waals surface area (Å²) in [5.74, 6) is 2.76. The van der Waals surface area contributed by atoms with Gasteiger partial charge in [0.15, 0.2) is 0 Å². The third-order valence-corrected chi connectivity index (χ3v) is 3.05. The first-order chi connectivity index (χ1) is 5.25. The molecule has 0 aliphatic carbocycles. The second-order valence-electron chi connectivity index (χ2n) is 4.07. The highest BCUT2D eigenvalue weighted by Gasteiger charge is 2.27. The van der Waals surface area contributed by atoms with Gasteiger partial charge in [-0.3, -0.25) is 0 Å². The highest BCUT2D eigenvalue weighted by Crippen LogP contribution is 2.27. The van der Waals surface area contributed by atoms with Crippen molar-refractivity contribution in [3.63, 3.8) is 0 Å². The molecule has 66 valence electrons. The quantitative estimate of drug-likeness (QED) is 0.659. The first-order valence-electron chi connectivity index (χ1n) is 4.96. The van der Waals surface area contributed by atoms with Gasteiger partial charge < -0.3 is 5.32 Å². The monoisotopic (exact) mass is 155 g/mol. The van der Waals surface area contributed by atoms with E-state index in [9.17, 15) is 0 Å². The van der Waals surface area contributed by atoms with Crippen LogP contribution in [0.4, 0.5) is 0 Å². The lowest BCUT2D eigenvalue weighted by molar-refractivity contribution is 0.299. The third kappa shape index (κ3) is 2.19. The maximum atomic E-state index is 3.46. The van der Waals surface area contributed by atoms with Crippen LogP contribution in [0.5, 0.6) is 0 Å². The zero-order chi connectivity index (χ0) is 8.27. The maximum Gasteiger partial charge on any atom is -0.00148 e. The SMILES string of the molecule is CCCC(C)C1CNCC1C. The van der Waals surface area contributed by atoms with Crippen molar-refractivity contribution in [2.24, 2.45) is 17.8 Å². The molecule has 0 aromatic carbocycles. The molecule has 0 bridgehead atoms. The van der Waals surface area contributed by atoms with E-state index in [0.29, 0.717) is 0 Å². The molecule has 3 atom stereocenters. The van der Waals surface area contributed by atoms with Crippen molar-refractivity contribution in [2.75, 3.05) is 13.1 Å². The largest absolute Gasteiger partial charge is 0.316 e. The summed E-state index contributed by atoms with van der Waals surface area (Å²) in [5.41, 5.74) is 0. The van der Waals surface area contributed by atoms with Crippen LogP contribution in [0.25, 0.3) is 0 Å². The average Bonchev–Trinajstić information content (AvgIpc) is 2.36. The minimum Gasteiger partial charge on any atom is -0.316 e. The maximum absolute atomic E-state index is 3.46. The van der Waals surface area contributed by atoms with Gasteiger partial charge >= 0.3 is 0 Å². The van der Waals surface area contributed by atoms with E-state index in [1.165, 1.54) is 25.9 Å². The second kappa shape index (κ2) is 4.10. The fraction of sp³-hybridized carbons (Fsp3) is 1.00. The zero-order valence-electron chi connectivity index (χ0n) is 8.06. The highest BCUT2D eigenvalue weighted by atomic mass is 14.9. The summed E-state index contributed by atoms with van der Waals surface area (Å²) in [6.07, 6.45) is 2.74. The Morgan fingerprint density at radius 3 is 2.64 bits per heavy atom. The molecule has 1 heteroatoms. The van der Waals surface area contributed by atoms with Gasteiger partial charge in [0.05, 0.1) is 0 Å². The van der Waals surface area contributed by atoms with Crippen LogP contribution in [0, 0.1) is 17.8 Å². The number of hydrogen-bond donors (Lipinski definition) is 1. The summed E-state index contributed by atoms with van der Waals surface area (Å²) in [5, 5.41) is 3.46. The molecule has 1 rings (SSSR count). The van der Waals surface area contributed by atoms with E-state index in [-0.39, 0.29) is 0 Å². The van der Waals surface area contributed by atoms with Gasteiger partial charge in [-0.25, -0.2) is 0 Å². The van der Waals surface area contributed by atoms with Crippen molar-refractivity contribution in [3.05, 3.63) is 0 Å². The smallest absolute Gasteiger partial charge is 0.00148 e. The minimum atomic E-state index is 0.900. The van der Waals surface area contributed by atoms with E-state index in [2.05, 4.69) is 26.1 Å². The summed E-state index contributed by atoms with van der Waals surface area (Å²) < 4.78 is 0. The predicted octanol–water partition coefficient (Wildman–Crippen LogP) is 2.28. The molecule has 1 fully saturated rings. The number of rotatable bonds is 3. The Bertz CT molecular complexity index is 111. The van der Waals surface area contributed by atoms with Gasteiger partial charge in [0.2, 0.25) is 0 Å². The molecular formula is C10H21N. The molecule has 0 aromatic heterocycles. The first-order valence-corrected chi connectivity index (χ1v) is 4.96. The van der Waals surface area contributed by atoms with Gasteiger partial charge in [-0.15, -0.1) is 0 Å². The van der Waals surface area contributed by atoms with Gasteiger partial charge in [0, 0.05) is 0 Å². The van der Waals surface area contributed by atoms with Crippen molar-refractivity contribution in [2.45, 2.75) is 33.6 Å². The van der Waals surface area contributed by atoms with Crippen LogP contribution >= 0.6 is 0 Å². The van der Waals surface area contributed by atoms with Gasteiger partial charge in [-0.2, -0.15) is 0 Å². The van der Waals surface area contributed by atoms with Crippen LogP contribution in [-0.2, 0) is 0 Å². The van der Waals surface area contributed by atoms with E-state index < -0.39 is 0 Å². The Labute approximate surface area is 70.6 Å². The second-order valence-corrected chi connectivity index (χ2v) is 4.07. The van der Waals surface area contributed by atoms with E-state index in [0.717, 1.165) is 17.8 Å². The molecule has 0 aromatic rings. The van der Waals surface area contributed by atoms with Crippen molar-refractivity contribution >= 4 is 0 Å². The van der Waals surface area contributed by atoms with Crippen LogP contribution in [0.1, 0.15) is 33.6 Å². The fourth-order valence-corrected chi connectivity index (χ4v) is 2.26. The Kier molecular flexibility index (Phi) is 3.38. The number of hydrogen-bond acceptors (Lipinski definition) is 1. The summed E-state index contributed by atoms with van der Waals surface area (Å²) >= 11 is 0. The molecule has 0 saturated carbocycles. The molecular weight excluding hydrogens is 134 g/mol. The van der Waals surface area contributed by atoms with Crippen LogP contribution in [0.3, 0.4) is 0 Å². The van der Waals surface area contributed by atoms with Crippen molar-refractivity contribution < 1.29 is 0 Å². The van der Waals surface area contributed by atoms with Gasteiger partial charge in [0.1, 0.15) is 0 Å². The molecule has 1 N–H and O–H groups in total. The summed E-state index contributed by atoms with van der Waals surface area (Å²) in [4.78, 5) is 0. The van der Waals surface area contributed by atoms with E-state index in [1.807, 2.05) is 0 Å². The Balaban J connectivity index is 2.33. The number of nitrogens with one attached hydrogen (secondary N) is 1. The van der Waals surface area contributed by atoms with Crippen molar-refractivity contribution in [1.29, 1.82) is 0 Å². The van der Waals surface area contributed by atoms with E-state index >= 15 is 0 Å². The molecule has 0 radical (unpaired) electrons. The third-order valence-electron chi connectivity index (χ3n) is 3.05. The van der Waals surface area contributed by atoms with Gasteiger partial charge in [-0.05, 0) is 30.8 Å². The molecule has 11 heavy (non-hydrogen) atoms. The summed E-state index contributed by atoms with van der Waals surface area (Å²) in [7, 11) is 0. The highest BCUT2D eigenvalue weighted by molar-refractivity contribution is 4.81. The normalized spacial score (nSPS) is 34.1. The standard InChI is InChI=1S/C10H21N/c1-4-5-8(2)10-7-11-6-9(10)3/h8-11H,4-7H2,1-3H3. The molecule has 0 amide bonds. The van der Waals surface area contributed by atoms with Gasteiger partial charge in [0.25, 0.3) is 0 Å². The molecule has 1 aliphatic rings. The van der Waals surface area contributed by atoms with Crippen LogP contribution in [0.2, 0.25) is 0 Å². The lowest BCUT2D eigenvalue weighted by Gasteiger charge is -2.21. The van der Waals surface area contributed by atoms with E-state index in [4.69, 9.17) is 0 Å². The molecule has 1 heterocycles. The Morgan fingerprint density at radius 2 is 2.18 bits per heavy atom. The molecule has 0 spiro atoms. The van der Waals surface area contributed by atoms with Crippen LogP contribution < -0.4 is 5.32 Å². The molecule has 1 aliphatic heterocycles. The van der Waals surface area contributed by atoms with E-state index in [1.54, 1.807) is 0 Å². The molecule has 1 saturated heterocycles. The summed E-state index contributed by atoms with van der Waals surface area (Å²) in [6, 6.07) is 0. The Hall–Kier alpha value is -0.0400. The Morgan fingerprint density at radius 1 is 1.45 bits per heavy atom. The van der Waals surface area contributed by atoms with Crippen molar-refractivity contribution in [1.82, 2.24) is 5.32 Å². The van der Waals surface area contributed by atoms with Crippen molar-refractivity contribution in [3.8, 4) is 0 Å². The lowest BCUT2D eigenvalue weighted by Crippen LogP contribution is -2.18. The fourth-order valence-electron chi connectivity index (χ4n) is 2.26. The van der Waals surface area contributed by atoms with Crippen LogP contribution in [-0.4, -0.2) is 13.1 Å². The summed E-state index contributed by atoms with van der Waals surface area (Å²) in [6.45, 7) is 9.54. The average molecular weight is 155 g/mol. The molecule has 3 unspecified atom stereocenters. The molecule has 1 nitrogen and oxygen atoms in total.